The maximum Gasteiger partial charge on any atom is 0.415 e. The molecule has 0 aliphatic carbocycles. The fourth-order valence-electron chi connectivity index (χ4n) is 2.20. The van der Waals surface area contributed by atoms with Gasteiger partial charge in [0, 0.05) is 28.1 Å². The minimum atomic E-state index is -1.00. The van der Waals surface area contributed by atoms with Crippen LogP contribution in [0.1, 0.15) is 32.0 Å². The number of fused-ring (bicyclic) bond motifs is 1. The largest absolute Gasteiger partial charge is 0.464 e. The highest BCUT2D eigenvalue weighted by molar-refractivity contribution is 5.91. The number of carbonyl (C=O) groups is 1. The summed E-state index contributed by atoms with van der Waals surface area (Å²) < 4.78 is 1.24. The molecule has 1 N–H and O–H groups in total. The minimum absolute atomic E-state index is 0.283. The normalized spacial score (nSPS) is 11.4. The van der Waals surface area contributed by atoms with Gasteiger partial charge in [-0.05, 0) is 12.1 Å². The number of carboxylic acid groups (broad SMARTS) is 1. The average Bonchev–Trinajstić information content (AvgIpc) is 2.66. The molecular weight excluding hydrogens is 228 g/mol. The molecule has 18 heavy (non-hydrogen) atoms. The average molecular weight is 242 g/mol. The molecule has 92 valence electrons. The smallest absolute Gasteiger partial charge is 0.415 e. The number of nitrogens with zero attached hydrogens (tertiary/aromatic N) is 2. The third-order valence-corrected chi connectivity index (χ3v) is 2.86. The van der Waals surface area contributed by atoms with Gasteiger partial charge in [-0.25, -0.2) is 4.79 Å². The summed E-state index contributed by atoms with van der Waals surface area (Å²) in [4.78, 5) is 11.3. The van der Waals surface area contributed by atoms with E-state index in [1.165, 1.54) is 4.57 Å². The first-order valence-electron chi connectivity index (χ1n) is 5.63. The third-order valence-electron chi connectivity index (χ3n) is 2.86. The van der Waals surface area contributed by atoms with Crippen molar-refractivity contribution in [1.82, 2.24) is 4.57 Å². The molecule has 0 fully saturated rings. The topological polar surface area (TPSA) is 66.0 Å². The van der Waals surface area contributed by atoms with Gasteiger partial charge in [0.1, 0.15) is 0 Å². The van der Waals surface area contributed by atoms with Crippen LogP contribution in [0.5, 0.6) is 0 Å². The Bertz CT molecular complexity index is 669. The number of benzene rings is 1. The van der Waals surface area contributed by atoms with Crippen LogP contribution in [-0.4, -0.2) is 15.8 Å². The van der Waals surface area contributed by atoms with Crippen molar-refractivity contribution in [2.24, 2.45) is 0 Å². The Morgan fingerprint density at radius 1 is 1.39 bits per heavy atom. The quantitative estimate of drug-likeness (QED) is 0.770. The molecule has 0 aliphatic rings. The Morgan fingerprint density at radius 2 is 2.06 bits per heavy atom. The number of hydrogen-bond donors (Lipinski definition) is 1. The molecule has 0 saturated heterocycles. The Labute approximate surface area is 105 Å². The van der Waals surface area contributed by atoms with Crippen molar-refractivity contribution < 1.29 is 9.90 Å². The first-order valence-corrected chi connectivity index (χ1v) is 5.63. The molecule has 0 unspecified atom stereocenters. The van der Waals surface area contributed by atoms with E-state index in [2.05, 4.69) is 6.07 Å². The lowest BCUT2D eigenvalue weighted by molar-refractivity contribution is 0.194. The zero-order valence-electron chi connectivity index (χ0n) is 10.6. The third kappa shape index (κ3) is 1.84. The molecule has 0 saturated carbocycles. The Hall–Kier alpha value is -2.28. The molecule has 4 nitrogen and oxygen atoms in total. The van der Waals surface area contributed by atoms with Crippen molar-refractivity contribution in [1.29, 1.82) is 5.26 Å². The van der Waals surface area contributed by atoms with Crippen LogP contribution in [0.25, 0.3) is 10.8 Å². The van der Waals surface area contributed by atoms with Crippen LogP contribution >= 0.6 is 0 Å². The molecule has 1 aromatic carbocycles. The van der Waals surface area contributed by atoms with Crippen molar-refractivity contribution in [2.75, 3.05) is 0 Å². The Kier molecular flexibility index (Phi) is 2.63. The second-order valence-corrected chi connectivity index (χ2v) is 5.29. The molecule has 0 aliphatic heterocycles. The van der Waals surface area contributed by atoms with E-state index < -0.39 is 6.09 Å². The van der Waals surface area contributed by atoms with Gasteiger partial charge < -0.3 is 5.11 Å². The van der Waals surface area contributed by atoms with Gasteiger partial charge in [0.15, 0.2) is 0 Å². The monoisotopic (exact) mass is 242 g/mol. The SMILES string of the molecule is CC(C)(C)c1c2ccc(C#N)cc2cn1C(=O)O. The first kappa shape index (κ1) is 12.2. The Morgan fingerprint density at radius 3 is 2.56 bits per heavy atom. The van der Waals surface area contributed by atoms with Crippen molar-refractivity contribution in [3.05, 3.63) is 35.7 Å². The van der Waals surface area contributed by atoms with Gasteiger partial charge in [0.25, 0.3) is 0 Å². The summed E-state index contributed by atoms with van der Waals surface area (Å²) in [5, 5.41) is 19.8. The number of aromatic nitrogens is 1. The fraction of sp³-hybridized carbons (Fsp3) is 0.286. The molecule has 0 bridgehead atoms. The van der Waals surface area contributed by atoms with Crippen LogP contribution in [-0.2, 0) is 5.41 Å². The van der Waals surface area contributed by atoms with E-state index in [9.17, 15) is 9.90 Å². The zero-order valence-corrected chi connectivity index (χ0v) is 10.6. The second-order valence-electron chi connectivity index (χ2n) is 5.29. The van der Waals surface area contributed by atoms with Gasteiger partial charge in [-0.15, -0.1) is 0 Å². The highest BCUT2D eigenvalue weighted by atomic mass is 16.4. The summed E-state index contributed by atoms with van der Waals surface area (Å²) in [5.41, 5.74) is 0.994. The highest BCUT2D eigenvalue weighted by Crippen LogP contribution is 2.32. The van der Waals surface area contributed by atoms with Crippen molar-refractivity contribution in [3.8, 4) is 6.07 Å². The maximum absolute atomic E-state index is 11.3. The molecule has 1 heterocycles. The van der Waals surface area contributed by atoms with Crippen molar-refractivity contribution >= 4 is 16.9 Å². The summed E-state index contributed by atoms with van der Waals surface area (Å²) in [6, 6.07) is 7.30. The minimum Gasteiger partial charge on any atom is -0.464 e. The van der Waals surface area contributed by atoms with Crippen LogP contribution in [0.4, 0.5) is 4.79 Å². The Balaban J connectivity index is 2.85. The predicted molar refractivity (Wildman–Crippen MR) is 68.8 cm³/mol. The highest BCUT2D eigenvalue weighted by Gasteiger charge is 2.24. The fourth-order valence-corrected chi connectivity index (χ4v) is 2.20. The van der Waals surface area contributed by atoms with E-state index in [0.29, 0.717) is 5.56 Å². The summed E-state index contributed by atoms with van der Waals surface area (Å²) in [6.45, 7) is 5.91. The van der Waals surface area contributed by atoms with Gasteiger partial charge in [0.2, 0.25) is 0 Å². The van der Waals surface area contributed by atoms with E-state index in [1.807, 2.05) is 26.8 Å². The molecule has 2 rings (SSSR count). The molecule has 0 spiro atoms. The lowest BCUT2D eigenvalue weighted by atomic mass is 9.89. The van der Waals surface area contributed by atoms with Gasteiger partial charge in [-0.1, -0.05) is 26.8 Å². The molecule has 0 amide bonds. The van der Waals surface area contributed by atoms with Crippen LogP contribution < -0.4 is 0 Å². The lowest BCUT2D eigenvalue weighted by Crippen LogP contribution is -2.21. The molecule has 1 aromatic heterocycles. The van der Waals surface area contributed by atoms with Crippen molar-refractivity contribution in [3.63, 3.8) is 0 Å². The summed E-state index contributed by atoms with van der Waals surface area (Å²) in [6.07, 6.45) is 0.564. The first-order chi connectivity index (χ1) is 8.34. The van der Waals surface area contributed by atoms with Gasteiger partial charge >= 0.3 is 6.09 Å². The van der Waals surface area contributed by atoms with Crippen molar-refractivity contribution in [2.45, 2.75) is 26.2 Å². The lowest BCUT2D eigenvalue weighted by Gasteiger charge is -2.20. The van der Waals surface area contributed by atoms with E-state index in [0.717, 1.165) is 16.5 Å². The molecular formula is C14H14N2O2. The van der Waals surface area contributed by atoms with E-state index >= 15 is 0 Å². The number of nitriles is 1. The van der Waals surface area contributed by atoms with Gasteiger partial charge in [0.05, 0.1) is 11.6 Å². The molecule has 2 aromatic rings. The number of rotatable bonds is 0. The molecule has 4 heteroatoms. The number of hydrogen-bond acceptors (Lipinski definition) is 2. The predicted octanol–water partition coefficient (Wildman–Crippen LogP) is 3.34. The van der Waals surface area contributed by atoms with Crippen LogP contribution in [0, 0.1) is 11.3 Å². The second kappa shape index (κ2) is 3.88. The van der Waals surface area contributed by atoms with E-state index in [-0.39, 0.29) is 5.41 Å². The summed E-state index contributed by atoms with van der Waals surface area (Å²) in [5.74, 6) is 0. The zero-order chi connectivity index (χ0) is 13.5. The maximum atomic E-state index is 11.3. The van der Waals surface area contributed by atoms with Gasteiger partial charge in [-0.2, -0.15) is 5.26 Å². The molecule has 0 radical (unpaired) electrons. The van der Waals surface area contributed by atoms with Crippen LogP contribution in [0.3, 0.4) is 0 Å². The molecule has 0 atom stereocenters. The summed E-state index contributed by atoms with van der Waals surface area (Å²) >= 11 is 0. The van der Waals surface area contributed by atoms with E-state index in [1.54, 1.807) is 18.3 Å². The van der Waals surface area contributed by atoms with Crippen LogP contribution in [0.2, 0.25) is 0 Å². The van der Waals surface area contributed by atoms with Gasteiger partial charge in [-0.3, -0.25) is 4.57 Å². The standard InChI is InChI=1S/C14H14N2O2/c1-14(2,3)12-11-5-4-9(7-15)6-10(11)8-16(12)13(17)18/h4-6,8H,1-3H3,(H,17,18). The van der Waals surface area contributed by atoms with Crippen LogP contribution in [0.15, 0.2) is 24.4 Å². The van der Waals surface area contributed by atoms with E-state index in [4.69, 9.17) is 5.26 Å². The summed E-state index contributed by atoms with van der Waals surface area (Å²) in [7, 11) is 0.